The van der Waals surface area contributed by atoms with Crippen LogP contribution in [0, 0.1) is 23.1 Å². The number of aromatic nitrogens is 2. The first-order valence-corrected chi connectivity index (χ1v) is 8.88. The van der Waals surface area contributed by atoms with Gasteiger partial charge in [0.25, 0.3) is 0 Å². The summed E-state index contributed by atoms with van der Waals surface area (Å²) in [7, 11) is 0. The molecule has 140 valence electrons. The van der Waals surface area contributed by atoms with Gasteiger partial charge in [0.05, 0.1) is 0 Å². The summed E-state index contributed by atoms with van der Waals surface area (Å²) in [4.78, 5) is 22.3. The summed E-state index contributed by atoms with van der Waals surface area (Å²) in [6.45, 7) is 2.50. The standard InChI is InChI=1S/C19H21FN6O/c20-16-3-1-14(2-4-16)12-24-19(27)25-13-15-5-9-26(10-6-15)18-17(11-21)22-7-8-23-18/h1-4,7-8,15H,5-6,9-10,12-13H2,(H2,24,25,27). The number of urea groups is 1. The Morgan fingerprint density at radius 1 is 1.19 bits per heavy atom. The predicted octanol–water partition coefficient (Wildman–Crippen LogP) is 2.20. The van der Waals surface area contributed by atoms with Gasteiger partial charge >= 0.3 is 6.03 Å². The monoisotopic (exact) mass is 368 g/mol. The highest BCUT2D eigenvalue weighted by atomic mass is 19.1. The third kappa shape index (κ3) is 5.14. The predicted molar refractivity (Wildman–Crippen MR) is 98.3 cm³/mol. The van der Waals surface area contributed by atoms with Gasteiger partial charge in [0, 0.05) is 38.6 Å². The summed E-state index contributed by atoms with van der Waals surface area (Å²) in [5, 5.41) is 14.8. The third-order valence-corrected chi connectivity index (χ3v) is 4.62. The molecule has 0 radical (unpaired) electrons. The van der Waals surface area contributed by atoms with Crippen LogP contribution in [0.2, 0.25) is 0 Å². The first-order chi connectivity index (χ1) is 13.2. The molecule has 1 fully saturated rings. The zero-order chi connectivity index (χ0) is 19.1. The van der Waals surface area contributed by atoms with Crippen molar-refractivity contribution in [2.45, 2.75) is 19.4 Å². The molecule has 1 aromatic heterocycles. The first kappa shape index (κ1) is 18.6. The number of halogens is 1. The Morgan fingerprint density at radius 2 is 1.89 bits per heavy atom. The number of hydrogen-bond donors (Lipinski definition) is 2. The van der Waals surface area contributed by atoms with Gasteiger partial charge in [-0.1, -0.05) is 12.1 Å². The Balaban J connectivity index is 1.40. The maximum Gasteiger partial charge on any atom is 0.315 e. The highest BCUT2D eigenvalue weighted by molar-refractivity contribution is 5.73. The molecule has 1 aliphatic heterocycles. The fourth-order valence-electron chi connectivity index (χ4n) is 3.07. The Kier molecular flexibility index (Phi) is 6.15. The Hall–Kier alpha value is -3.21. The molecule has 0 unspecified atom stereocenters. The van der Waals surface area contributed by atoms with Crippen LogP contribution in [0.5, 0.6) is 0 Å². The van der Waals surface area contributed by atoms with Crippen LogP contribution in [0.4, 0.5) is 15.0 Å². The van der Waals surface area contributed by atoms with Crippen molar-refractivity contribution in [3.05, 3.63) is 53.7 Å². The molecular weight excluding hydrogens is 347 g/mol. The lowest BCUT2D eigenvalue weighted by Gasteiger charge is -2.32. The number of carbonyl (C=O) groups is 1. The number of hydrogen-bond acceptors (Lipinski definition) is 5. The molecule has 1 saturated heterocycles. The van der Waals surface area contributed by atoms with Crippen molar-refractivity contribution < 1.29 is 9.18 Å². The van der Waals surface area contributed by atoms with Crippen LogP contribution in [0.3, 0.4) is 0 Å². The van der Waals surface area contributed by atoms with E-state index in [0.29, 0.717) is 30.5 Å². The van der Waals surface area contributed by atoms with Crippen molar-refractivity contribution in [1.29, 1.82) is 5.26 Å². The van der Waals surface area contributed by atoms with Crippen LogP contribution in [0.25, 0.3) is 0 Å². The van der Waals surface area contributed by atoms with Gasteiger partial charge in [-0.2, -0.15) is 5.26 Å². The summed E-state index contributed by atoms with van der Waals surface area (Å²) in [6.07, 6.45) is 4.91. The summed E-state index contributed by atoms with van der Waals surface area (Å²) in [5.41, 5.74) is 1.19. The Morgan fingerprint density at radius 3 is 2.59 bits per heavy atom. The molecule has 2 heterocycles. The topological polar surface area (TPSA) is 93.9 Å². The number of nitriles is 1. The van der Waals surface area contributed by atoms with Crippen LogP contribution in [0.15, 0.2) is 36.7 Å². The quantitative estimate of drug-likeness (QED) is 0.844. The van der Waals surface area contributed by atoms with Crippen LogP contribution in [0.1, 0.15) is 24.1 Å². The average Bonchev–Trinajstić information content (AvgIpc) is 2.72. The lowest BCUT2D eigenvalue weighted by molar-refractivity contribution is 0.237. The number of nitrogens with zero attached hydrogens (tertiary/aromatic N) is 4. The van der Waals surface area contributed by atoms with Crippen molar-refractivity contribution in [1.82, 2.24) is 20.6 Å². The molecule has 2 N–H and O–H groups in total. The molecule has 2 aromatic rings. The summed E-state index contributed by atoms with van der Waals surface area (Å²) in [5.74, 6) is 0.710. The van der Waals surface area contributed by atoms with Gasteiger partial charge in [-0.15, -0.1) is 0 Å². The zero-order valence-electron chi connectivity index (χ0n) is 14.9. The van der Waals surface area contributed by atoms with Crippen LogP contribution in [-0.2, 0) is 6.54 Å². The molecule has 0 aliphatic carbocycles. The van der Waals surface area contributed by atoms with Gasteiger partial charge in [0.1, 0.15) is 11.9 Å². The molecule has 1 aliphatic rings. The minimum absolute atomic E-state index is 0.234. The van der Waals surface area contributed by atoms with E-state index in [1.54, 1.807) is 18.3 Å². The third-order valence-electron chi connectivity index (χ3n) is 4.62. The van der Waals surface area contributed by atoms with E-state index in [-0.39, 0.29) is 11.8 Å². The molecule has 1 aromatic carbocycles. The maximum atomic E-state index is 12.9. The van der Waals surface area contributed by atoms with Crippen molar-refractivity contribution in [3.8, 4) is 6.07 Å². The summed E-state index contributed by atoms with van der Waals surface area (Å²) < 4.78 is 12.9. The normalized spacial score (nSPS) is 14.4. The van der Waals surface area contributed by atoms with Crippen molar-refractivity contribution in [2.75, 3.05) is 24.5 Å². The van der Waals surface area contributed by atoms with E-state index in [1.807, 2.05) is 0 Å². The summed E-state index contributed by atoms with van der Waals surface area (Å²) >= 11 is 0. The average molecular weight is 368 g/mol. The van der Waals surface area contributed by atoms with Crippen LogP contribution >= 0.6 is 0 Å². The second-order valence-corrected chi connectivity index (χ2v) is 6.46. The largest absolute Gasteiger partial charge is 0.354 e. The van der Waals surface area contributed by atoms with Gasteiger partial charge < -0.3 is 15.5 Å². The van der Waals surface area contributed by atoms with E-state index in [0.717, 1.165) is 31.5 Å². The van der Waals surface area contributed by atoms with Crippen molar-refractivity contribution in [3.63, 3.8) is 0 Å². The SMILES string of the molecule is N#Cc1nccnc1N1CCC(CNC(=O)NCc2ccc(F)cc2)CC1. The molecular formula is C19H21FN6O. The van der Waals surface area contributed by atoms with E-state index < -0.39 is 0 Å². The van der Waals surface area contributed by atoms with E-state index >= 15 is 0 Å². The van der Waals surface area contributed by atoms with E-state index in [1.165, 1.54) is 18.3 Å². The van der Waals surface area contributed by atoms with E-state index in [2.05, 4.69) is 31.6 Å². The van der Waals surface area contributed by atoms with Crippen LogP contribution in [-0.4, -0.2) is 35.6 Å². The fraction of sp³-hybridized carbons (Fsp3) is 0.368. The number of piperidine rings is 1. The lowest BCUT2D eigenvalue weighted by Crippen LogP contribution is -2.42. The molecule has 0 saturated carbocycles. The van der Waals surface area contributed by atoms with Crippen LogP contribution < -0.4 is 15.5 Å². The van der Waals surface area contributed by atoms with Gasteiger partial charge in [-0.05, 0) is 36.5 Å². The number of carbonyl (C=O) groups excluding carboxylic acids is 1. The molecule has 0 bridgehead atoms. The van der Waals surface area contributed by atoms with Gasteiger partial charge in [-0.3, -0.25) is 0 Å². The van der Waals surface area contributed by atoms with Gasteiger partial charge in [0.2, 0.25) is 0 Å². The molecule has 7 nitrogen and oxygen atoms in total. The smallest absolute Gasteiger partial charge is 0.315 e. The van der Waals surface area contributed by atoms with E-state index in [9.17, 15) is 9.18 Å². The van der Waals surface area contributed by atoms with E-state index in [4.69, 9.17) is 5.26 Å². The minimum Gasteiger partial charge on any atom is -0.354 e. The minimum atomic E-state index is -0.294. The molecule has 0 atom stereocenters. The second kappa shape index (κ2) is 8.94. The van der Waals surface area contributed by atoms with Gasteiger partial charge in [0.15, 0.2) is 11.5 Å². The highest BCUT2D eigenvalue weighted by Crippen LogP contribution is 2.22. The molecule has 8 heteroatoms. The number of anilines is 1. The van der Waals surface area contributed by atoms with Gasteiger partial charge in [-0.25, -0.2) is 19.2 Å². The summed E-state index contributed by atoms with van der Waals surface area (Å²) in [6, 6.07) is 7.88. The molecule has 0 spiro atoms. The number of nitrogens with one attached hydrogen (secondary N) is 2. The molecule has 2 amide bonds. The second-order valence-electron chi connectivity index (χ2n) is 6.46. The fourth-order valence-corrected chi connectivity index (χ4v) is 3.07. The zero-order valence-corrected chi connectivity index (χ0v) is 14.9. The molecule has 27 heavy (non-hydrogen) atoms. The molecule has 3 rings (SSSR count). The number of amides is 2. The maximum absolute atomic E-state index is 12.9. The lowest BCUT2D eigenvalue weighted by atomic mass is 9.97. The highest BCUT2D eigenvalue weighted by Gasteiger charge is 2.22. The number of rotatable bonds is 5. The first-order valence-electron chi connectivity index (χ1n) is 8.88. The Labute approximate surface area is 157 Å². The number of benzene rings is 1. The van der Waals surface area contributed by atoms with Crippen molar-refractivity contribution >= 4 is 11.8 Å². The Bertz CT molecular complexity index is 812. The van der Waals surface area contributed by atoms with Crippen molar-refractivity contribution in [2.24, 2.45) is 5.92 Å².